The Morgan fingerprint density at radius 1 is 0.432 bits per heavy atom. The lowest BCUT2D eigenvalue weighted by molar-refractivity contribution is 0.953. The Morgan fingerprint density at radius 3 is 1.59 bits per heavy atom. The summed E-state index contributed by atoms with van der Waals surface area (Å²) >= 11 is 0. The van der Waals surface area contributed by atoms with Gasteiger partial charge in [-0.1, -0.05) is 127 Å². The van der Waals surface area contributed by atoms with Crippen molar-refractivity contribution < 1.29 is 12.3 Å². The van der Waals surface area contributed by atoms with Gasteiger partial charge in [0.2, 0.25) is 5.95 Å². The van der Waals surface area contributed by atoms with Gasteiger partial charge in [-0.15, -0.1) is 0 Å². The van der Waals surface area contributed by atoms with Crippen molar-refractivity contribution in [1.29, 1.82) is 0 Å². The summed E-state index contributed by atoms with van der Waals surface area (Å²) in [6.07, 6.45) is 0. The third-order valence-electron chi connectivity index (χ3n) is 7.69. The summed E-state index contributed by atoms with van der Waals surface area (Å²) in [5.41, 5.74) is 2.53. The molecule has 0 atom stereocenters. The predicted molar refractivity (Wildman–Crippen MR) is 179 cm³/mol. The van der Waals surface area contributed by atoms with Crippen LogP contribution in [0.3, 0.4) is 0 Å². The number of benzene rings is 6. The van der Waals surface area contributed by atoms with Gasteiger partial charge in [0.05, 0.1) is 34.4 Å². The topological polar surface area (TPSA) is 48.5 Å². The summed E-state index contributed by atoms with van der Waals surface area (Å²) in [5, 5.41) is 0.298. The van der Waals surface area contributed by atoms with E-state index in [1.807, 2.05) is 66.7 Å². The number of fused-ring (bicyclic) bond motifs is 7. The zero-order chi connectivity index (χ0) is 36.9. The summed E-state index contributed by atoms with van der Waals surface area (Å²) in [6, 6.07) is 25.8. The summed E-state index contributed by atoms with van der Waals surface area (Å²) in [4.78, 5) is 14.7. The first-order valence-electron chi connectivity index (χ1n) is 18.5. The fraction of sp³-hybridized carbons (Fsp3) is 0. The first-order valence-corrected chi connectivity index (χ1v) is 14.0. The highest BCUT2D eigenvalue weighted by Crippen LogP contribution is 2.41. The molecule has 0 aliphatic carbocycles. The Labute approximate surface area is 266 Å². The van der Waals surface area contributed by atoms with Crippen molar-refractivity contribution in [3.63, 3.8) is 0 Å². The number of aromatic nitrogens is 5. The first kappa shape index (κ1) is 17.1. The maximum Gasteiger partial charge on any atom is 0.238 e. The number of nitrogens with zero attached hydrogens (tertiary/aromatic N) is 5. The molecule has 0 aliphatic heterocycles. The summed E-state index contributed by atoms with van der Waals surface area (Å²) < 4.78 is 84.5. The normalized spacial score (nSPS) is 14.5. The third-order valence-corrected chi connectivity index (χ3v) is 7.69. The molecule has 0 N–H and O–H groups in total. The largest absolute Gasteiger partial charge is 0.307 e. The minimum absolute atomic E-state index is 0.00224. The quantitative estimate of drug-likeness (QED) is 0.211. The fourth-order valence-corrected chi connectivity index (χ4v) is 5.79. The van der Waals surface area contributed by atoms with Crippen molar-refractivity contribution >= 4 is 43.6 Å². The molecule has 0 fully saturated rings. The zero-order valence-electron chi connectivity index (χ0n) is 32.0. The average molecular weight is 573 g/mol. The molecule has 0 aliphatic rings. The lowest BCUT2D eigenvalue weighted by Gasteiger charge is -2.13. The maximum atomic E-state index is 9.47. The van der Waals surface area contributed by atoms with Crippen LogP contribution in [0.15, 0.2) is 151 Å². The molecule has 206 valence electrons. The Kier molecular flexibility index (Phi) is 3.80. The van der Waals surface area contributed by atoms with Gasteiger partial charge in [-0.2, -0.15) is 9.97 Å². The van der Waals surface area contributed by atoms with Crippen LogP contribution in [0.5, 0.6) is 0 Å². The zero-order valence-corrected chi connectivity index (χ0v) is 23.0. The second-order valence-electron chi connectivity index (χ2n) is 10.2. The van der Waals surface area contributed by atoms with Gasteiger partial charge in [0, 0.05) is 38.4 Å². The molecule has 0 spiro atoms. The van der Waals surface area contributed by atoms with E-state index in [2.05, 4.69) is 0 Å². The average Bonchev–Trinajstić information content (AvgIpc) is 3.74. The lowest BCUT2D eigenvalue weighted by atomic mass is 10.1. The molecule has 5 heteroatoms. The van der Waals surface area contributed by atoms with E-state index in [0.717, 1.165) is 0 Å². The van der Waals surface area contributed by atoms with Crippen molar-refractivity contribution in [2.24, 2.45) is 0 Å². The molecule has 0 bridgehead atoms. The van der Waals surface area contributed by atoms with Crippen molar-refractivity contribution in [2.45, 2.75) is 0 Å². The monoisotopic (exact) mass is 572 g/mol. The van der Waals surface area contributed by atoms with Gasteiger partial charge < -0.3 is 4.57 Å². The van der Waals surface area contributed by atoms with Crippen molar-refractivity contribution in [3.8, 4) is 34.4 Å². The van der Waals surface area contributed by atoms with E-state index in [1.54, 1.807) is 28.8 Å². The minimum atomic E-state index is -0.512. The van der Waals surface area contributed by atoms with Crippen LogP contribution < -0.4 is 0 Å². The van der Waals surface area contributed by atoms with Crippen molar-refractivity contribution in [3.05, 3.63) is 151 Å². The molecule has 9 aromatic rings. The molecular weight excluding hydrogens is 538 g/mol. The summed E-state index contributed by atoms with van der Waals surface area (Å²) in [7, 11) is 0. The second kappa shape index (κ2) is 9.75. The molecule has 0 radical (unpaired) electrons. The molecule has 44 heavy (non-hydrogen) atoms. The van der Waals surface area contributed by atoms with Gasteiger partial charge in [0.1, 0.15) is 0 Å². The molecule has 0 saturated carbocycles. The standard InChI is InChI=1S/C39H25N5/c1-4-14-26(15-5-1)37-40-38(27-16-6-2-7-17-27)42-39(41-37)44-34-23-13-11-21-30(34)32-25-24-31-29-20-10-12-22-33(29)43(35(31)36(32)44)28-18-8-3-9-19-28/h1-25H/i10D,11D,13D,20D,21D,22D,23D,24D,25D. The Bertz CT molecular complexity index is 2920. The minimum Gasteiger partial charge on any atom is -0.307 e. The van der Waals surface area contributed by atoms with Crippen LogP contribution in [-0.2, 0) is 0 Å². The van der Waals surface area contributed by atoms with E-state index in [-0.39, 0.29) is 91.4 Å². The van der Waals surface area contributed by atoms with Gasteiger partial charge in [-0.25, -0.2) is 4.98 Å². The molecule has 6 aromatic carbocycles. The van der Waals surface area contributed by atoms with Gasteiger partial charge in [-0.05, 0) is 24.2 Å². The Morgan fingerprint density at radius 2 is 0.955 bits per heavy atom. The van der Waals surface area contributed by atoms with Crippen LogP contribution in [0.1, 0.15) is 12.3 Å². The Hall–Kier alpha value is -6.07. The van der Waals surface area contributed by atoms with Crippen molar-refractivity contribution in [2.75, 3.05) is 0 Å². The lowest BCUT2D eigenvalue weighted by Crippen LogP contribution is -2.07. The highest BCUT2D eigenvalue weighted by Gasteiger charge is 2.23. The number of para-hydroxylation sites is 3. The SMILES string of the molecule is [2H]c1cc([2H])c2c(c1[2H])c1c([2H])c([2H])c3c4c([2H])c([2H])c([2H])c([2H])c4n(-c4nc(-c5ccccc5)nc(-c5ccccc5)n4)c3c1n2-c1ccccc1. The second-order valence-corrected chi connectivity index (χ2v) is 10.2. The third kappa shape index (κ3) is 3.69. The van der Waals surface area contributed by atoms with Crippen molar-refractivity contribution in [1.82, 2.24) is 24.1 Å². The molecule has 9 rings (SSSR count). The van der Waals surface area contributed by atoms with Gasteiger partial charge in [-0.3, -0.25) is 4.57 Å². The summed E-state index contributed by atoms with van der Waals surface area (Å²) in [5.74, 6) is 0.563. The van der Waals surface area contributed by atoms with Gasteiger partial charge in [0.15, 0.2) is 11.6 Å². The Balaban J connectivity index is 1.61. The van der Waals surface area contributed by atoms with Crippen LogP contribution in [0.25, 0.3) is 78.0 Å². The molecule has 0 amide bonds. The molecule has 0 unspecified atom stereocenters. The van der Waals surface area contributed by atoms with E-state index >= 15 is 0 Å². The highest BCUT2D eigenvalue weighted by atomic mass is 15.2. The fourth-order valence-electron chi connectivity index (χ4n) is 5.79. The highest BCUT2D eigenvalue weighted by molar-refractivity contribution is 6.23. The predicted octanol–water partition coefficient (Wildman–Crippen LogP) is 9.40. The number of hydrogen-bond donors (Lipinski definition) is 0. The summed E-state index contributed by atoms with van der Waals surface area (Å²) in [6.45, 7) is 0. The van der Waals surface area contributed by atoms with Crippen LogP contribution in [0, 0.1) is 0 Å². The van der Waals surface area contributed by atoms with Gasteiger partial charge in [0.25, 0.3) is 0 Å². The molecule has 5 nitrogen and oxygen atoms in total. The maximum absolute atomic E-state index is 9.47. The number of rotatable bonds is 4. The smallest absolute Gasteiger partial charge is 0.238 e. The molecular formula is C39H25N5. The molecule has 3 heterocycles. The van der Waals surface area contributed by atoms with Crippen LogP contribution in [0.4, 0.5) is 0 Å². The van der Waals surface area contributed by atoms with E-state index < -0.39 is 24.2 Å². The molecule has 0 saturated heterocycles. The first-order chi connectivity index (χ1) is 25.6. The van der Waals surface area contributed by atoms with E-state index in [1.165, 1.54) is 10.6 Å². The van der Waals surface area contributed by atoms with Crippen LogP contribution >= 0.6 is 0 Å². The van der Waals surface area contributed by atoms with E-state index in [4.69, 9.17) is 23.2 Å². The van der Waals surface area contributed by atoms with Gasteiger partial charge >= 0.3 is 0 Å². The molecule has 3 aromatic heterocycles. The van der Waals surface area contributed by atoms with E-state index in [9.17, 15) is 4.11 Å². The van der Waals surface area contributed by atoms with Crippen LogP contribution in [0.2, 0.25) is 0 Å². The van der Waals surface area contributed by atoms with E-state index in [0.29, 0.717) is 16.8 Å². The van der Waals surface area contributed by atoms with Crippen LogP contribution in [-0.4, -0.2) is 24.1 Å². The number of hydrogen-bond acceptors (Lipinski definition) is 3.